The van der Waals surface area contributed by atoms with Crippen molar-refractivity contribution >= 4 is 5.69 Å². The Hall–Kier alpha value is -1.84. The number of aromatic nitrogens is 3. The molecular formula is C10H12N4. The summed E-state index contributed by atoms with van der Waals surface area (Å²) in [5.41, 5.74) is 2.19. The third-order valence-corrected chi connectivity index (χ3v) is 1.95. The van der Waals surface area contributed by atoms with E-state index in [-0.39, 0.29) is 0 Å². The molecule has 2 aromatic heterocycles. The fourth-order valence-corrected chi connectivity index (χ4v) is 1.26. The molecule has 0 radical (unpaired) electrons. The first-order chi connectivity index (χ1) is 6.84. The monoisotopic (exact) mass is 188 g/mol. The van der Waals surface area contributed by atoms with Gasteiger partial charge in [0, 0.05) is 26.0 Å². The molecule has 2 heterocycles. The standard InChI is InChI=1S/C10H12N4/c1-14-3-2-9(7-14)4-13-10-5-11-8-12-6-10/h2-3,5-8,13H,4H2,1H3. The molecule has 0 saturated carbocycles. The van der Waals surface area contributed by atoms with Crippen LogP contribution in [0.3, 0.4) is 0 Å². The number of hydrogen-bond donors (Lipinski definition) is 1. The average Bonchev–Trinajstić information content (AvgIpc) is 2.63. The lowest BCUT2D eigenvalue weighted by molar-refractivity contribution is 0.920. The summed E-state index contributed by atoms with van der Waals surface area (Å²) in [4.78, 5) is 7.85. The minimum atomic E-state index is 0.800. The fourth-order valence-electron chi connectivity index (χ4n) is 1.26. The van der Waals surface area contributed by atoms with Crippen LogP contribution in [0, 0.1) is 0 Å². The lowest BCUT2D eigenvalue weighted by Crippen LogP contribution is -1.98. The molecule has 2 rings (SSSR count). The second kappa shape index (κ2) is 3.91. The van der Waals surface area contributed by atoms with Crippen molar-refractivity contribution in [2.45, 2.75) is 6.54 Å². The van der Waals surface area contributed by atoms with Crippen molar-refractivity contribution in [3.63, 3.8) is 0 Å². The van der Waals surface area contributed by atoms with Gasteiger partial charge in [-0.15, -0.1) is 0 Å². The molecule has 1 N–H and O–H groups in total. The molecule has 2 aromatic rings. The molecule has 14 heavy (non-hydrogen) atoms. The summed E-state index contributed by atoms with van der Waals surface area (Å²) in [5.74, 6) is 0. The molecule has 0 unspecified atom stereocenters. The number of rotatable bonds is 3. The number of anilines is 1. The molecule has 0 bridgehead atoms. The third-order valence-electron chi connectivity index (χ3n) is 1.95. The van der Waals surface area contributed by atoms with E-state index in [1.54, 1.807) is 12.4 Å². The highest BCUT2D eigenvalue weighted by Crippen LogP contribution is 2.05. The van der Waals surface area contributed by atoms with Crippen molar-refractivity contribution in [2.24, 2.45) is 7.05 Å². The van der Waals surface area contributed by atoms with E-state index in [0.29, 0.717) is 0 Å². The molecule has 0 spiro atoms. The predicted molar refractivity (Wildman–Crippen MR) is 54.8 cm³/mol. The van der Waals surface area contributed by atoms with Crippen LogP contribution >= 0.6 is 0 Å². The highest BCUT2D eigenvalue weighted by molar-refractivity contribution is 5.37. The fraction of sp³-hybridized carbons (Fsp3) is 0.200. The maximum Gasteiger partial charge on any atom is 0.115 e. The van der Waals surface area contributed by atoms with E-state index in [2.05, 4.69) is 27.5 Å². The predicted octanol–water partition coefficient (Wildman–Crippen LogP) is 1.43. The van der Waals surface area contributed by atoms with Crippen LogP contribution in [0.15, 0.2) is 37.2 Å². The van der Waals surface area contributed by atoms with Crippen LogP contribution in [0.4, 0.5) is 5.69 Å². The number of nitrogens with one attached hydrogen (secondary N) is 1. The van der Waals surface area contributed by atoms with E-state index in [0.717, 1.165) is 12.2 Å². The van der Waals surface area contributed by atoms with Crippen LogP contribution in [-0.2, 0) is 13.6 Å². The van der Waals surface area contributed by atoms with Gasteiger partial charge >= 0.3 is 0 Å². The van der Waals surface area contributed by atoms with Crippen molar-refractivity contribution in [3.05, 3.63) is 42.7 Å². The molecule has 0 aliphatic rings. The maximum absolute atomic E-state index is 3.92. The lowest BCUT2D eigenvalue weighted by Gasteiger charge is -2.02. The van der Waals surface area contributed by atoms with Gasteiger partial charge in [-0.1, -0.05) is 0 Å². The van der Waals surface area contributed by atoms with Crippen molar-refractivity contribution in [2.75, 3.05) is 5.32 Å². The zero-order valence-electron chi connectivity index (χ0n) is 8.01. The lowest BCUT2D eigenvalue weighted by atomic mass is 10.3. The Morgan fingerprint density at radius 2 is 2.14 bits per heavy atom. The minimum Gasteiger partial charge on any atom is -0.378 e. The SMILES string of the molecule is Cn1ccc(CNc2cncnc2)c1. The van der Waals surface area contributed by atoms with Gasteiger partial charge in [-0.3, -0.25) is 0 Å². The van der Waals surface area contributed by atoms with E-state index >= 15 is 0 Å². The van der Waals surface area contributed by atoms with Gasteiger partial charge in [0.15, 0.2) is 0 Å². The van der Waals surface area contributed by atoms with Crippen molar-refractivity contribution in [3.8, 4) is 0 Å². The molecular weight excluding hydrogens is 176 g/mol. The molecule has 0 aliphatic carbocycles. The van der Waals surface area contributed by atoms with Crippen LogP contribution in [0.5, 0.6) is 0 Å². The largest absolute Gasteiger partial charge is 0.378 e. The Morgan fingerprint density at radius 1 is 1.36 bits per heavy atom. The molecule has 0 aromatic carbocycles. The highest BCUT2D eigenvalue weighted by atomic mass is 14.9. The summed E-state index contributed by atoms with van der Waals surface area (Å²) in [6.07, 6.45) is 9.15. The Kier molecular flexibility index (Phi) is 2.44. The van der Waals surface area contributed by atoms with Crippen LogP contribution in [0.25, 0.3) is 0 Å². The van der Waals surface area contributed by atoms with Crippen LogP contribution in [0.1, 0.15) is 5.56 Å². The first-order valence-corrected chi connectivity index (χ1v) is 4.44. The second-order valence-corrected chi connectivity index (χ2v) is 3.17. The molecule has 0 aliphatic heterocycles. The molecule has 4 heteroatoms. The Balaban J connectivity index is 1.95. The average molecular weight is 188 g/mol. The molecule has 0 atom stereocenters. The third kappa shape index (κ3) is 2.10. The summed E-state index contributed by atoms with van der Waals surface area (Å²) >= 11 is 0. The van der Waals surface area contributed by atoms with Gasteiger partial charge in [0.1, 0.15) is 6.33 Å². The topological polar surface area (TPSA) is 42.7 Å². The first kappa shape index (κ1) is 8.74. The van der Waals surface area contributed by atoms with Gasteiger partial charge < -0.3 is 9.88 Å². The van der Waals surface area contributed by atoms with E-state index in [9.17, 15) is 0 Å². The second-order valence-electron chi connectivity index (χ2n) is 3.17. The number of hydrogen-bond acceptors (Lipinski definition) is 3. The van der Waals surface area contributed by atoms with Crippen molar-refractivity contribution < 1.29 is 0 Å². The first-order valence-electron chi connectivity index (χ1n) is 4.44. The maximum atomic E-state index is 3.92. The van der Waals surface area contributed by atoms with Gasteiger partial charge in [0.25, 0.3) is 0 Å². The zero-order valence-corrected chi connectivity index (χ0v) is 8.01. The van der Waals surface area contributed by atoms with Crippen LogP contribution in [-0.4, -0.2) is 14.5 Å². The Bertz CT molecular complexity index is 394. The van der Waals surface area contributed by atoms with Gasteiger partial charge in [-0.25, -0.2) is 9.97 Å². The van der Waals surface area contributed by atoms with Crippen LogP contribution in [0.2, 0.25) is 0 Å². The van der Waals surface area contributed by atoms with E-state index in [4.69, 9.17) is 0 Å². The summed E-state index contributed by atoms with van der Waals surface area (Å²) in [6, 6.07) is 2.08. The van der Waals surface area contributed by atoms with E-state index < -0.39 is 0 Å². The molecule has 72 valence electrons. The number of nitrogens with zero attached hydrogens (tertiary/aromatic N) is 3. The van der Waals surface area contributed by atoms with E-state index in [1.807, 2.05) is 17.8 Å². The van der Waals surface area contributed by atoms with E-state index in [1.165, 1.54) is 11.9 Å². The van der Waals surface area contributed by atoms with Gasteiger partial charge in [0.2, 0.25) is 0 Å². The molecule has 0 saturated heterocycles. The molecule has 0 fully saturated rings. The zero-order chi connectivity index (χ0) is 9.80. The summed E-state index contributed by atoms with van der Waals surface area (Å²) in [5, 5.41) is 3.24. The van der Waals surface area contributed by atoms with Crippen molar-refractivity contribution in [1.29, 1.82) is 0 Å². The Morgan fingerprint density at radius 3 is 2.79 bits per heavy atom. The quantitative estimate of drug-likeness (QED) is 0.792. The summed E-state index contributed by atoms with van der Waals surface area (Å²) in [7, 11) is 2.01. The van der Waals surface area contributed by atoms with Gasteiger partial charge in [-0.05, 0) is 11.6 Å². The smallest absolute Gasteiger partial charge is 0.115 e. The summed E-state index contributed by atoms with van der Waals surface area (Å²) < 4.78 is 2.03. The molecule has 0 amide bonds. The normalized spacial score (nSPS) is 10.1. The Labute approximate surface area is 82.6 Å². The summed E-state index contributed by atoms with van der Waals surface area (Å²) in [6.45, 7) is 0.800. The number of aryl methyl sites for hydroxylation is 1. The van der Waals surface area contributed by atoms with Gasteiger partial charge in [0.05, 0.1) is 18.1 Å². The van der Waals surface area contributed by atoms with Crippen molar-refractivity contribution in [1.82, 2.24) is 14.5 Å². The highest BCUT2D eigenvalue weighted by Gasteiger charge is 1.94. The minimum absolute atomic E-state index is 0.800. The van der Waals surface area contributed by atoms with Gasteiger partial charge in [-0.2, -0.15) is 0 Å². The van der Waals surface area contributed by atoms with Crippen LogP contribution < -0.4 is 5.32 Å². The molecule has 4 nitrogen and oxygen atoms in total.